The molecule has 0 aromatic carbocycles. The number of hydrogen-bond donors (Lipinski definition) is 1. The molecule has 1 aliphatic rings. The molecule has 0 spiro atoms. The van der Waals surface area contributed by atoms with Crippen molar-refractivity contribution in [2.45, 2.75) is 71.9 Å². The van der Waals surface area contributed by atoms with Crippen molar-refractivity contribution in [1.29, 1.82) is 0 Å². The molecule has 0 radical (unpaired) electrons. The van der Waals surface area contributed by atoms with Crippen LogP contribution in [0.2, 0.25) is 0 Å². The average Bonchev–Trinajstić information content (AvgIpc) is 2.45. The highest BCUT2D eigenvalue weighted by atomic mass is 15.3. The molecular formula is C16H29N3. The summed E-state index contributed by atoms with van der Waals surface area (Å²) in [6.07, 6.45) is 12.0. The van der Waals surface area contributed by atoms with E-state index in [0.29, 0.717) is 18.0 Å². The van der Waals surface area contributed by atoms with Crippen LogP contribution in [0.25, 0.3) is 0 Å². The summed E-state index contributed by atoms with van der Waals surface area (Å²) in [6, 6.07) is 0.715. The topological polar surface area (TPSA) is 41.6 Å². The van der Waals surface area contributed by atoms with Gasteiger partial charge >= 0.3 is 0 Å². The number of hydrogen-bond acceptors (Lipinski definition) is 1. The number of nitrogens with two attached hydrogens (primary N) is 1. The van der Waals surface area contributed by atoms with Crippen molar-refractivity contribution in [1.82, 2.24) is 4.90 Å². The molecule has 3 heteroatoms. The van der Waals surface area contributed by atoms with Gasteiger partial charge in [-0.3, -0.25) is 0 Å². The molecule has 0 aliphatic heterocycles. The van der Waals surface area contributed by atoms with Crippen LogP contribution in [-0.4, -0.2) is 22.9 Å². The van der Waals surface area contributed by atoms with Crippen LogP contribution in [0.4, 0.5) is 0 Å². The molecule has 1 rings (SSSR count). The first-order valence-electron chi connectivity index (χ1n) is 7.63. The number of guanidine groups is 1. The third-order valence-corrected chi connectivity index (χ3v) is 3.79. The van der Waals surface area contributed by atoms with Gasteiger partial charge in [0.1, 0.15) is 0 Å². The first-order valence-corrected chi connectivity index (χ1v) is 7.63. The monoisotopic (exact) mass is 263 g/mol. The largest absolute Gasteiger partial charge is 0.369 e. The summed E-state index contributed by atoms with van der Waals surface area (Å²) in [4.78, 5) is 6.89. The van der Waals surface area contributed by atoms with Crippen molar-refractivity contribution in [2.75, 3.05) is 0 Å². The Morgan fingerprint density at radius 1 is 1.26 bits per heavy atom. The molecule has 19 heavy (non-hydrogen) atoms. The second kappa shape index (κ2) is 8.03. The number of nitrogens with zero attached hydrogens (tertiary/aromatic N) is 2. The molecular weight excluding hydrogens is 234 g/mol. The van der Waals surface area contributed by atoms with Crippen LogP contribution in [0, 0.1) is 0 Å². The first kappa shape index (κ1) is 15.8. The third-order valence-electron chi connectivity index (χ3n) is 3.79. The third kappa shape index (κ3) is 4.41. The van der Waals surface area contributed by atoms with Crippen molar-refractivity contribution >= 4 is 5.96 Å². The second-order valence-corrected chi connectivity index (χ2v) is 5.19. The fourth-order valence-electron chi connectivity index (χ4n) is 2.29. The summed E-state index contributed by atoms with van der Waals surface area (Å²) in [6.45, 7) is 8.73. The minimum Gasteiger partial charge on any atom is -0.369 e. The zero-order chi connectivity index (χ0) is 14.3. The van der Waals surface area contributed by atoms with E-state index in [1.165, 1.54) is 5.70 Å². The average molecular weight is 263 g/mol. The lowest BCUT2D eigenvalue weighted by molar-refractivity contribution is 0.387. The maximum atomic E-state index is 6.28. The molecule has 0 saturated heterocycles. The molecule has 0 bridgehead atoms. The maximum absolute atomic E-state index is 6.28. The molecule has 0 amide bonds. The van der Waals surface area contributed by atoms with Crippen molar-refractivity contribution in [3.63, 3.8) is 0 Å². The summed E-state index contributed by atoms with van der Waals surface area (Å²) in [5, 5.41) is 0. The Bertz CT molecular complexity index is 351. The lowest BCUT2D eigenvalue weighted by Gasteiger charge is -2.32. The minimum atomic E-state index is 0.333. The Hall–Kier alpha value is -1.25. The van der Waals surface area contributed by atoms with Gasteiger partial charge in [0.25, 0.3) is 0 Å². The summed E-state index contributed by atoms with van der Waals surface area (Å²) in [5.41, 5.74) is 7.48. The Balaban J connectivity index is 2.96. The molecule has 2 N–H and O–H groups in total. The second-order valence-electron chi connectivity index (χ2n) is 5.19. The molecule has 1 aliphatic carbocycles. The van der Waals surface area contributed by atoms with Gasteiger partial charge in [-0.25, -0.2) is 4.99 Å². The molecule has 0 aromatic heterocycles. The van der Waals surface area contributed by atoms with Gasteiger partial charge in [0, 0.05) is 11.7 Å². The Labute approximate surface area is 118 Å². The highest BCUT2D eigenvalue weighted by Gasteiger charge is 2.19. The Morgan fingerprint density at radius 3 is 2.42 bits per heavy atom. The fourth-order valence-corrected chi connectivity index (χ4v) is 2.29. The molecule has 108 valence electrons. The molecule has 1 unspecified atom stereocenters. The van der Waals surface area contributed by atoms with Gasteiger partial charge < -0.3 is 10.6 Å². The number of rotatable bonds is 6. The van der Waals surface area contributed by atoms with Gasteiger partial charge in [-0.15, -0.1) is 0 Å². The van der Waals surface area contributed by atoms with Gasteiger partial charge in [-0.1, -0.05) is 32.9 Å². The van der Waals surface area contributed by atoms with E-state index in [4.69, 9.17) is 10.7 Å². The summed E-state index contributed by atoms with van der Waals surface area (Å²) in [5.74, 6) is 0.667. The minimum absolute atomic E-state index is 0.333. The Morgan fingerprint density at radius 2 is 1.95 bits per heavy atom. The van der Waals surface area contributed by atoms with Crippen molar-refractivity contribution < 1.29 is 0 Å². The molecule has 0 saturated carbocycles. The van der Waals surface area contributed by atoms with Crippen LogP contribution in [0.5, 0.6) is 0 Å². The zero-order valence-corrected chi connectivity index (χ0v) is 12.9. The van der Waals surface area contributed by atoms with Gasteiger partial charge in [0.2, 0.25) is 0 Å². The normalized spacial score (nSPS) is 17.5. The summed E-state index contributed by atoms with van der Waals surface area (Å²) in [7, 11) is 0. The standard InChI is InChI=1S/C16H29N3/c1-5-13(4)19(15-11-9-8-10-12-15)16(17)18-14(6-2)7-3/h9,11-14H,5-8,10H2,1-4H3,(H2,17,18). The van der Waals surface area contributed by atoms with Crippen LogP contribution >= 0.6 is 0 Å². The molecule has 0 fully saturated rings. The van der Waals surface area contributed by atoms with Gasteiger partial charge in [0.15, 0.2) is 5.96 Å². The van der Waals surface area contributed by atoms with Crippen LogP contribution in [0.1, 0.15) is 59.8 Å². The predicted octanol–water partition coefficient (Wildman–Crippen LogP) is 3.82. The van der Waals surface area contributed by atoms with Gasteiger partial charge in [0.05, 0.1) is 6.04 Å². The quantitative estimate of drug-likeness (QED) is 0.584. The predicted molar refractivity (Wildman–Crippen MR) is 84.0 cm³/mol. The highest BCUT2D eigenvalue weighted by molar-refractivity contribution is 5.81. The van der Waals surface area contributed by atoms with E-state index in [1.807, 2.05) is 0 Å². The molecule has 0 aromatic rings. The SMILES string of the molecule is CCC(CC)/N=C(\N)N(C1=CCCC=C1)C(C)CC. The van der Waals surface area contributed by atoms with Crippen LogP contribution in [-0.2, 0) is 0 Å². The summed E-state index contributed by atoms with van der Waals surface area (Å²) >= 11 is 0. The number of allylic oxidation sites excluding steroid dienone is 3. The van der Waals surface area contributed by atoms with Crippen LogP contribution < -0.4 is 5.73 Å². The zero-order valence-electron chi connectivity index (χ0n) is 12.9. The van der Waals surface area contributed by atoms with E-state index in [2.05, 4.69) is 50.8 Å². The van der Waals surface area contributed by atoms with E-state index >= 15 is 0 Å². The fraction of sp³-hybridized carbons (Fsp3) is 0.688. The molecule has 0 heterocycles. The molecule has 3 nitrogen and oxygen atoms in total. The van der Waals surface area contributed by atoms with Gasteiger partial charge in [-0.2, -0.15) is 0 Å². The van der Waals surface area contributed by atoms with Crippen LogP contribution in [0.3, 0.4) is 0 Å². The van der Waals surface area contributed by atoms with E-state index in [1.54, 1.807) is 0 Å². The lowest BCUT2D eigenvalue weighted by Crippen LogP contribution is -2.43. The van der Waals surface area contributed by atoms with Crippen molar-refractivity contribution in [2.24, 2.45) is 10.7 Å². The van der Waals surface area contributed by atoms with Crippen molar-refractivity contribution in [3.8, 4) is 0 Å². The lowest BCUT2D eigenvalue weighted by atomic mass is 10.1. The van der Waals surface area contributed by atoms with Gasteiger partial charge in [-0.05, 0) is 45.1 Å². The number of aliphatic imine (C=N–C) groups is 1. The van der Waals surface area contributed by atoms with Crippen LogP contribution in [0.15, 0.2) is 28.9 Å². The van der Waals surface area contributed by atoms with Crippen molar-refractivity contribution in [3.05, 3.63) is 23.9 Å². The van der Waals surface area contributed by atoms with E-state index in [-0.39, 0.29) is 0 Å². The Kier molecular flexibility index (Phi) is 6.68. The highest BCUT2D eigenvalue weighted by Crippen LogP contribution is 2.19. The first-order chi connectivity index (χ1) is 9.13. The smallest absolute Gasteiger partial charge is 0.196 e. The molecule has 1 atom stereocenters. The van der Waals surface area contributed by atoms with E-state index in [9.17, 15) is 0 Å². The maximum Gasteiger partial charge on any atom is 0.196 e. The van der Waals surface area contributed by atoms with E-state index < -0.39 is 0 Å². The van der Waals surface area contributed by atoms with E-state index in [0.717, 1.165) is 32.1 Å². The summed E-state index contributed by atoms with van der Waals surface area (Å²) < 4.78 is 0.